The number of anilines is 3. The Balaban J connectivity index is 1.34. The van der Waals surface area contributed by atoms with Crippen LogP contribution in [-0.4, -0.2) is 44.2 Å². The van der Waals surface area contributed by atoms with Crippen molar-refractivity contribution in [2.24, 2.45) is 0 Å². The minimum atomic E-state index is -0.856. The molecule has 0 fully saturated rings. The second kappa shape index (κ2) is 13.8. The van der Waals surface area contributed by atoms with Crippen LogP contribution in [0.2, 0.25) is 0 Å². The van der Waals surface area contributed by atoms with Gasteiger partial charge in [-0.25, -0.2) is 20.1 Å². The Kier molecular flexibility index (Phi) is 8.99. The van der Waals surface area contributed by atoms with Gasteiger partial charge in [0, 0.05) is 16.8 Å². The summed E-state index contributed by atoms with van der Waals surface area (Å²) in [7, 11) is -1.71. The average molecular weight is 764 g/mol. The van der Waals surface area contributed by atoms with Crippen LogP contribution in [0.5, 0.6) is 0 Å². The molecule has 0 aromatic heterocycles. The molecule has 0 unspecified atom stereocenters. The third-order valence-corrected chi connectivity index (χ3v) is 15.1. The quantitative estimate of drug-likeness (QED) is 0.110. The van der Waals surface area contributed by atoms with Crippen molar-refractivity contribution in [2.75, 3.05) is 42.4 Å². The Morgan fingerprint density at radius 2 is 0.911 bits per heavy atom. The molecule has 0 bridgehead atoms. The number of nitrogens with zero attached hydrogens (tertiary/aromatic N) is 1. The summed E-state index contributed by atoms with van der Waals surface area (Å²) in [6, 6.07) is 60.0. The second-order valence-electron chi connectivity index (χ2n) is 17.0. The summed E-state index contributed by atoms with van der Waals surface area (Å²) in [5.74, 6) is 0. The Hall–Kier alpha value is -5.16. The Morgan fingerprint density at radius 3 is 1.52 bits per heavy atom. The number of hydrogen-bond donors (Lipinski definition) is 0. The summed E-state index contributed by atoms with van der Waals surface area (Å²) in [6.07, 6.45) is 14.2. The Morgan fingerprint density at radius 1 is 0.411 bits per heavy atom. The first-order chi connectivity index (χ1) is 26.9. The van der Waals surface area contributed by atoms with Gasteiger partial charge in [-0.1, -0.05) is 120 Å². The van der Waals surface area contributed by atoms with Crippen LogP contribution in [0.4, 0.5) is 17.1 Å². The largest absolute Gasteiger partial charge is 0.310 e. The maximum absolute atomic E-state index is 2.50. The van der Waals surface area contributed by atoms with Crippen LogP contribution < -0.4 is 21.3 Å². The lowest BCUT2D eigenvalue weighted by molar-refractivity contribution is 1.26. The molecular formula is C52H50BNS2. The predicted molar refractivity (Wildman–Crippen MR) is 257 cm³/mol. The van der Waals surface area contributed by atoms with E-state index in [0.717, 1.165) is 0 Å². The van der Waals surface area contributed by atoms with E-state index in [-0.39, 0.29) is 6.71 Å². The van der Waals surface area contributed by atoms with E-state index in [1.54, 1.807) is 0 Å². The van der Waals surface area contributed by atoms with Crippen molar-refractivity contribution in [1.82, 2.24) is 0 Å². The first-order valence-corrected chi connectivity index (χ1v) is 25.2. The van der Waals surface area contributed by atoms with Gasteiger partial charge in [-0.2, -0.15) is 0 Å². The van der Waals surface area contributed by atoms with Crippen LogP contribution in [0.25, 0.3) is 43.1 Å². The third kappa shape index (κ3) is 6.24. The van der Waals surface area contributed by atoms with Gasteiger partial charge in [-0.05, 0) is 165 Å². The van der Waals surface area contributed by atoms with Crippen molar-refractivity contribution in [3.8, 4) is 0 Å². The molecular weight excluding hydrogens is 714 g/mol. The molecule has 0 aliphatic rings. The van der Waals surface area contributed by atoms with Crippen LogP contribution >= 0.6 is 20.1 Å². The smallest absolute Gasteiger partial charge is 0.242 e. The fourth-order valence-electron chi connectivity index (χ4n) is 8.89. The third-order valence-electron chi connectivity index (χ3n) is 11.7. The minimum absolute atomic E-state index is 0.0644. The summed E-state index contributed by atoms with van der Waals surface area (Å²) < 4.78 is 0. The molecule has 4 heteroatoms. The van der Waals surface area contributed by atoms with E-state index in [1.165, 1.54) is 97.5 Å². The number of aryl methyl sites for hydroxylation is 2. The summed E-state index contributed by atoms with van der Waals surface area (Å²) >= 11 is 0. The van der Waals surface area contributed by atoms with Crippen LogP contribution in [-0.2, 0) is 0 Å². The molecule has 0 heterocycles. The summed E-state index contributed by atoms with van der Waals surface area (Å²) in [5.41, 5.74) is 10.2. The Labute approximate surface area is 336 Å². The predicted octanol–water partition coefficient (Wildman–Crippen LogP) is 12.4. The van der Waals surface area contributed by atoms with Gasteiger partial charge in [0.1, 0.15) is 0 Å². The molecule has 1 nitrogen and oxygen atoms in total. The SMILES string of the molecule is Cc1cc(B(c2ccccc2)c2cccc3ccccc23)c2ccc3c(C)cc(N(c4ccc(S(C)(C)C)cc4)c4ccc(S(C)(C)C)cc4)c4ccc1c2c34. The van der Waals surface area contributed by atoms with Gasteiger partial charge in [-0.15, -0.1) is 0 Å². The van der Waals surface area contributed by atoms with Crippen molar-refractivity contribution < 1.29 is 0 Å². The zero-order valence-corrected chi connectivity index (χ0v) is 35.5. The number of hydrogen-bond acceptors (Lipinski definition) is 1. The highest BCUT2D eigenvalue weighted by Crippen LogP contribution is 2.50. The number of benzene rings is 9. The second-order valence-corrected chi connectivity index (χ2v) is 25.3. The fraction of sp³-hybridized carbons (Fsp3) is 0.154. The van der Waals surface area contributed by atoms with Crippen molar-refractivity contribution in [3.05, 3.63) is 169 Å². The lowest BCUT2D eigenvalue weighted by Crippen LogP contribution is -2.52. The topological polar surface area (TPSA) is 3.24 Å². The fourth-order valence-corrected chi connectivity index (χ4v) is 10.8. The molecule has 0 radical (unpaired) electrons. The summed E-state index contributed by atoms with van der Waals surface area (Å²) in [4.78, 5) is 5.34. The van der Waals surface area contributed by atoms with E-state index in [0.29, 0.717) is 0 Å². The van der Waals surface area contributed by atoms with Crippen molar-refractivity contribution >= 4 is 103 Å². The molecule has 0 amide bonds. The molecule has 0 N–H and O–H groups in total. The standard InChI is InChI=1S/C52H50BNS2/c1-35-33-49(53(38-17-10-9-11-18-38)48-20-14-16-37-15-12-13-19-45(37)48)46-31-29-44-36(2)34-50(47-32-30-43(35)51(46)52(44)47)54(39-21-25-41(26-22-39)55(3,4)5)40-23-27-42(28-24-40)56(6,7)8/h9-34H,1-8H3. The van der Waals surface area contributed by atoms with E-state index < -0.39 is 20.1 Å². The Bertz CT molecular complexity index is 2820. The molecule has 9 rings (SSSR count). The van der Waals surface area contributed by atoms with Gasteiger partial charge in [0.2, 0.25) is 6.71 Å². The zero-order chi connectivity index (χ0) is 38.9. The van der Waals surface area contributed by atoms with E-state index in [1.807, 2.05) is 0 Å². The van der Waals surface area contributed by atoms with E-state index in [2.05, 4.69) is 214 Å². The van der Waals surface area contributed by atoms with Crippen molar-refractivity contribution in [3.63, 3.8) is 0 Å². The van der Waals surface area contributed by atoms with Crippen LogP contribution in [0.1, 0.15) is 11.1 Å². The molecule has 0 saturated heterocycles. The first-order valence-electron chi connectivity index (χ1n) is 19.5. The summed E-state index contributed by atoms with van der Waals surface area (Å²) in [5, 5.41) is 10.5. The van der Waals surface area contributed by atoms with Crippen LogP contribution in [0, 0.1) is 13.8 Å². The molecule has 56 heavy (non-hydrogen) atoms. The van der Waals surface area contributed by atoms with Gasteiger partial charge < -0.3 is 4.90 Å². The van der Waals surface area contributed by atoms with Crippen molar-refractivity contribution in [2.45, 2.75) is 23.6 Å². The van der Waals surface area contributed by atoms with Gasteiger partial charge >= 0.3 is 0 Å². The van der Waals surface area contributed by atoms with Crippen LogP contribution in [0.15, 0.2) is 168 Å². The first kappa shape index (κ1) is 36.5. The summed E-state index contributed by atoms with van der Waals surface area (Å²) in [6.45, 7) is 4.66. The lowest BCUT2D eigenvalue weighted by atomic mass is 9.35. The average Bonchev–Trinajstić information content (AvgIpc) is 3.19. The highest BCUT2D eigenvalue weighted by atomic mass is 32.3. The molecule has 0 spiro atoms. The highest BCUT2D eigenvalue weighted by Gasteiger charge is 2.28. The molecule has 278 valence electrons. The monoisotopic (exact) mass is 763 g/mol. The lowest BCUT2D eigenvalue weighted by Gasteiger charge is -2.31. The molecule has 0 aliphatic carbocycles. The van der Waals surface area contributed by atoms with Crippen LogP contribution in [0.3, 0.4) is 0 Å². The minimum Gasteiger partial charge on any atom is -0.310 e. The maximum Gasteiger partial charge on any atom is 0.242 e. The molecule has 9 aromatic carbocycles. The van der Waals surface area contributed by atoms with Gasteiger partial charge in [0.25, 0.3) is 0 Å². The normalized spacial score (nSPS) is 12.9. The number of fused-ring (bicyclic) bond motifs is 1. The molecule has 0 aliphatic heterocycles. The molecule has 0 saturated carbocycles. The number of rotatable bonds is 8. The molecule has 9 aromatic rings. The van der Waals surface area contributed by atoms with Gasteiger partial charge in [0.05, 0.1) is 5.69 Å². The van der Waals surface area contributed by atoms with Crippen molar-refractivity contribution in [1.29, 1.82) is 0 Å². The van der Waals surface area contributed by atoms with E-state index in [4.69, 9.17) is 0 Å². The maximum atomic E-state index is 2.50. The van der Waals surface area contributed by atoms with E-state index >= 15 is 0 Å². The molecule has 0 atom stereocenters. The van der Waals surface area contributed by atoms with Gasteiger partial charge in [0.15, 0.2) is 0 Å². The van der Waals surface area contributed by atoms with E-state index in [9.17, 15) is 0 Å². The highest BCUT2D eigenvalue weighted by molar-refractivity contribution is 8.32. The van der Waals surface area contributed by atoms with Gasteiger partial charge in [-0.3, -0.25) is 0 Å². The zero-order valence-electron chi connectivity index (χ0n) is 33.9.